The van der Waals surface area contributed by atoms with Gasteiger partial charge in [-0.2, -0.15) is 0 Å². The molecule has 0 aliphatic carbocycles. The van der Waals surface area contributed by atoms with E-state index in [4.69, 9.17) is 19.3 Å². The van der Waals surface area contributed by atoms with Crippen molar-refractivity contribution in [3.8, 4) is 17.2 Å². The number of methoxy groups -OCH3 is 3. The van der Waals surface area contributed by atoms with E-state index in [1.807, 2.05) is 0 Å². The summed E-state index contributed by atoms with van der Waals surface area (Å²) in [6.45, 7) is -0.231. The highest BCUT2D eigenvalue weighted by atomic mass is 16.5. The second kappa shape index (κ2) is 6.66. The van der Waals surface area contributed by atoms with Crippen molar-refractivity contribution >= 4 is 11.9 Å². The molecule has 0 aromatic heterocycles. The van der Waals surface area contributed by atoms with E-state index >= 15 is 0 Å². The molecule has 1 N–H and O–H groups in total. The molecule has 1 aromatic rings. The summed E-state index contributed by atoms with van der Waals surface area (Å²) in [5.74, 6) is 1.46. The summed E-state index contributed by atoms with van der Waals surface area (Å²) >= 11 is 0. The second-order valence-electron chi connectivity index (χ2n) is 3.37. The first-order valence-corrected chi connectivity index (χ1v) is 5.28. The van der Waals surface area contributed by atoms with Crippen LogP contribution in [0, 0.1) is 0 Å². The van der Waals surface area contributed by atoms with Crippen LogP contribution in [-0.2, 0) is 4.79 Å². The van der Waals surface area contributed by atoms with Crippen LogP contribution in [0.15, 0.2) is 18.2 Å². The molecule has 0 bridgehead atoms. The van der Waals surface area contributed by atoms with Gasteiger partial charge in [-0.25, -0.2) is 0 Å². The molecule has 0 spiro atoms. The van der Waals surface area contributed by atoms with Gasteiger partial charge in [-0.05, 0) is 12.1 Å². The highest BCUT2D eigenvalue weighted by molar-refractivity contribution is 6.08. The minimum absolute atomic E-state index is 0.231. The number of aliphatic hydroxyl groups is 1. The van der Waals surface area contributed by atoms with Crippen molar-refractivity contribution in [2.75, 3.05) is 27.9 Å². The quantitative estimate of drug-likeness (QED) is 0.610. The predicted octanol–water partition coefficient (Wildman–Crippen LogP) is 1.29. The third-order valence-electron chi connectivity index (χ3n) is 2.45. The first-order chi connectivity index (χ1) is 8.71. The predicted molar refractivity (Wildman–Crippen MR) is 67.2 cm³/mol. The first kappa shape index (κ1) is 14.1. The van der Waals surface area contributed by atoms with Gasteiger partial charge in [0.05, 0.1) is 27.9 Å². The van der Waals surface area contributed by atoms with Gasteiger partial charge in [-0.15, -0.1) is 0 Å². The van der Waals surface area contributed by atoms with Crippen LogP contribution in [0.4, 0.5) is 0 Å². The molecular weight excluding hydrogens is 236 g/mol. The zero-order valence-electron chi connectivity index (χ0n) is 10.6. The molecule has 0 radical (unpaired) electrons. The number of benzene rings is 1. The Hall–Kier alpha value is -2.01. The Labute approximate surface area is 106 Å². The molecule has 5 nitrogen and oxygen atoms in total. The van der Waals surface area contributed by atoms with Crippen molar-refractivity contribution in [3.05, 3.63) is 23.8 Å². The summed E-state index contributed by atoms with van der Waals surface area (Å²) in [5.41, 5.74) is 0.870. The molecule has 1 aromatic carbocycles. The standard InChI is InChI=1S/C13H16O5/c1-16-11-7-13(18-3)12(17-2)6-10(11)9(8-15)4-5-14/h4,6-8,14H,5H2,1-3H3/b9-4-. The molecule has 0 aliphatic rings. The van der Waals surface area contributed by atoms with Gasteiger partial charge >= 0.3 is 0 Å². The Kier molecular flexibility index (Phi) is 5.20. The Morgan fingerprint density at radius 2 is 1.67 bits per heavy atom. The van der Waals surface area contributed by atoms with Crippen LogP contribution in [-0.4, -0.2) is 39.3 Å². The number of aldehydes is 1. The zero-order valence-corrected chi connectivity index (χ0v) is 10.6. The minimum atomic E-state index is -0.231. The maximum Gasteiger partial charge on any atom is 0.164 e. The average molecular weight is 252 g/mol. The van der Waals surface area contributed by atoms with Crippen LogP contribution in [0.5, 0.6) is 17.2 Å². The van der Waals surface area contributed by atoms with Crippen LogP contribution in [0.2, 0.25) is 0 Å². The first-order valence-electron chi connectivity index (χ1n) is 5.28. The molecular formula is C13H16O5. The van der Waals surface area contributed by atoms with E-state index < -0.39 is 0 Å². The third-order valence-corrected chi connectivity index (χ3v) is 2.45. The Morgan fingerprint density at radius 1 is 1.11 bits per heavy atom. The van der Waals surface area contributed by atoms with E-state index in [1.165, 1.54) is 27.4 Å². The summed E-state index contributed by atoms with van der Waals surface area (Å²) in [6, 6.07) is 3.26. The van der Waals surface area contributed by atoms with Gasteiger partial charge in [0.25, 0.3) is 0 Å². The van der Waals surface area contributed by atoms with E-state index in [2.05, 4.69) is 0 Å². The topological polar surface area (TPSA) is 65.0 Å². The highest BCUT2D eigenvalue weighted by Gasteiger charge is 2.14. The molecule has 0 fully saturated rings. The van der Waals surface area contributed by atoms with Crippen molar-refractivity contribution in [1.29, 1.82) is 0 Å². The van der Waals surface area contributed by atoms with Gasteiger partial charge in [0.15, 0.2) is 17.8 Å². The molecule has 0 heterocycles. The van der Waals surface area contributed by atoms with E-state index in [-0.39, 0.29) is 6.61 Å². The van der Waals surface area contributed by atoms with Crippen LogP contribution >= 0.6 is 0 Å². The number of rotatable bonds is 6. The third kappa shape index (κ3) is 2.81. The highest BCUT2D eigenvalue weighted by Crippen LogP contribution is 2.37. The molecule has 0 unspecified atom stereocenters. The zero-order chi connectivity index (χ0) is 13.5. The van der Waals surface area contributed by atoms with Gasteiger partial charge in [0.1, 0.15) is 5.75 Å². The SMILES string of the molecule is COc1cc(OC)c(/C(C=O)=C\CO)cc1OC. The summed E-state index contributed by atoms with van der Waals surface area (Å²) in [7, 11) is 4.51. The average Bonchev–Trinajstić information content (AvgIpc) is 2.43. The monoisotopic (exact) mass is 252 g/mol. The molecule has 0 saturated carbocycles. The number of hydrogen-bond donors (Lipinski definition) is 1. The molecule has 0 amide bonds. The maximum atomic E-state index is 11.0. The number of allylic oxidation sites excluding steroid dienone is 1. The van der Waals surface area contributed by atoms with E-state index in [1.54, 1.807) is 12.1 Å². The molecule has 0 aliphatic heterocycles. The number of ether oxygens (including phenoxy) is 3. The maximum absolute atomic E-state index is 11.0. The van der Waals surface area contributed by atoms with Crippen molar-refractivity contribution in [2.24, 2.45) is 0 Å². The van der Waals surface area contributed by atoms with Gasteiger partial charge in [-0.3, -0.25) is 4.79 Å². The van der Waals surface area contributed by atoms with Gasteiger partial charge in [0.2, 0.25) is 0 Å². The van der Waals surface area contributed by atoms with Crippen LogP contribution < -0.4 is 14.2 Å². The Balaban J connectivity index is 3.41. The van der Waals surface area contributed by atoms with Crippen molar-refractivity contribution in [2.45, 2.75) is 0 Å². The molecule has 0 saturated heterocycles. The fraction of sp³-hybridized carbons (Fsp3) is 0.308. The number of carbonyl (C=O) groups is 1. The largest absolute Gasteiger partial charge is 0.496 e. The van der Waals surface area contributed by atoms with E-state index in [0.717, 1.165) is 0 Å². The lowest BCUT2D eigenvalue weighted by atomic mass is 10.0. The number of aliphatic hydroxyl groups excluding tert-OH is 1. The summed E-state index contributed by atoms with van der Waals surface area (Å²) < 4.78 is 15.5. The van der Waals surface area contributed by atoms with Crippen molar-refractivity contribution in [1.82, 2.24) is 0 Å². The second-order valence-corrected chi connectivity index (χ2v) is 3.37. The lowest BCUT2D eigenvalue weighted by Crippen LogP contribution is -1.98. The van der Waals surface area contributed by atoms with E-state index in [9.17, 15) is 4.79 Å². The van der Waals surface area contributed by atoms with Crippen LogP contribution in [0.1, 0.15) is 5.56 Å². The number of hydrogen-bond acceptors (Lipinski definition) is 5. The molecule has 18 heavy (non-hydrogen) atoms. The smallest absolute Gasteiger partial charge is 0.164 e. The molecule has 98 valence electrons. The van der Waals surface area contributed by atoms with Gasteiger partial charge in [-0.1, -0.05) is 0 Å². The Morgan fingerprint density at radius 3 is 2.11 bits per heavy atom. The summed E-state index contributed by atoms with van der Waals surface area (Å²) in [5, 5.41) is 8.89. The van der Waals surface area contributed by atoms with Crippen LogP contribution in [0.25, 0.3) is 5.57 Å². The van der Waals surface area contributed by atoms with Gasteiger partial charge < -0.3 is 19.3 Å². The van der Waals surface area contributed by atoms with Gasteiger partial charge in [0, 0.05) is 17.2 Å². The lowest BCUT2D eigenvalue weighted by Gasteiger charge is -2.13. The number of carbonyl (C=O) groups excluding carboxylic acids is 1. The minimum Gasteiger partial charge on any atom is -0.496 e. The van der Waals surface area contributed by atoms with Crippen LogP contribution in [0.3, 0.4) is 0 Å². The Bertz CT molecular complexity index is 451. The summed E-state index contributed by atoms with van der Waals surface area (Å²) in [4.78, 5) is 11.0. The molecule has 1 rings (SSSR count). The fourth-order valence-corrected chi connectivity index (χ4v) is 1.57. The lowest BCUT2D eigenvalue weighted by molar-refractivity contribution is -0.103. The molecule has 5 heteroatoms. The van der Waals surface area contributed by atoms with Crippen molar-refractivity contribution in [3.63, 3.8) is 0 Å². The molecule has 0 atom stereocenters. The fourth-order valence-electron chi connectivity index (χ4n) is 1.57. The van der Waals surface area contributed by atoms with E-state index in [0.29, 0.717) is 34.7 Å². The normalized spacial score (nSPS) is 11.0. The summed E-state index contributed by atoms with van der Waals surface area (Å²) in [6.07, 6.45) is 2.05. The van der Waals surface area contributed by atoms with Crippen molar-refractivity contribution < 1.29 is 24.1 Å².